The van der Waals surface area contributed by atoms with E-state index in [1.165, 1.54) is 13.2 Å². The number of rotatable bonds is 6. The molecule has 8 heteroatoms. The molecule has 0 unspecified atom stereocenters. The van der Waals surface area contributed by atoms with Crippen molar-refractivity contribution in [3.05, 3.63) is 86.3 Å². The number of ether oxygens (including phenoxy) is 1. The van der Waals surface area contributed by atoms with Crippen LogP contribution in [0.25, 0.3) is 0 Å². The number of halogens is 2. The molecule has 1 N–H and O–H groups in total. The summed E-state index contributed by atoms with van der Waals surface area (Å²) < 4.78 is 6.94. The fourth-order valence-corrected chi connectivity index (χ4v) is 2.54. The van der Waals surface area contributed by atoms with Gasteiger partial charge in [-0.2, -0.15) is 10.2 Å². The van der Waals surface area contributed by atoms with Gasteiger partial charge in [-0.3, -0.25) is 10.2 Å². The first kappa shape index (κ1) is 18.9. The maximum absolute atomic E-state index is 11.7. The van der Waals surface area contributed by atoms with Crippen molar-refractivity contribution in [2.75, 3.05) is 5.43 Å². The largest absolute Gasteiger partial charge is 0.489 e. The van der Waals surface area contributed by atoms with Crippen molar-refractivity contribution in [2.45, 2.75) is 6.61 Å². The second-order valence-corrected chi connectivity index (χ2v) is 6.47. The Kier molecular flexibility index (Phi) is 6.11. The monoisotopic (exact) mass is 402 g/mol. The van der Waals surface area contributed by atoms with E-state index in [9.17, 15) is 4.79 Å². The summed E-state index contributed by atoms with van der Waals surface area (Å²) in [6.45, 7) is 0.435. The van der Waals surface area contributed by atoms with Crippen LogP contribution in [0.2, 0.25) is 10.0 Å². The Bertz CT molecular complexity index is 1020. The summed E-state index contributed by atoms with van der Waals surface area (Å²) in [7, 11) is 1.52. The zero-order valence-corrected chi connectivity index (χ0v) is 15.9. The molecule has 2 aromatic carbocycles. The molecule has 0 aliphatic rings. The van der Waals surface area contributed by atoms with E-state index in [0.29, 0.717) is 23.1 Å². The van der Waals surface area contributed by atoms with Crippen molar-refractivity contribution >= 4 is 35.1 Å². The Morgan fingerprint density at radius 2 is 2.00 bits per heavy atom. The van der Waals surface area contributed by atoms with Crippen molar-refractivity contribution in [1.82, 2.24) is 9.78 Å². The lowest BCUT2D eigenvalue weighted by Crippen LogP contribution is -2.20. The predicted octanol–water partition coefficient (Wildman–Crippen LogP) is 4.11. The Labute approximate surface area is 166 Å². The molecule has 3 aromatic rings. The zero-order valence-electron chi connectivity index (χ0n) is 14.4. The minimum absolute atomic E-state index is 0.0321. The maximum Gasteiger partial charge on any atom is 0.287 e. The van der Waals surface area contributed by atoms with Crippen LogP contribution in [0.1, 0.15) is 11.1 Å². The van der Waals surface area contributed by atoms with E-state index in [1.807, 2.05) is 48.5 Å². The number of hydrogen-bond donors (Lipinski definition) is 1. The van der Waals surface area contributed by atoms with Gasteiger partial charge in [0.15, 0.2) is 0 Å². The molecule has 0 fully saturated rings. The molecule has 27 heavy (non-hydrogen) atoms. The van der Waals surface area contributed by atoms with E-state index in [1.54, 1.807) is 6.21 Å². The third-order valence-electron chi connectivity index (χ3n) is 3.65. The molecule has 0 aliphatic carbocycles. The average Bonchev–Trinajstić information content (AvgIpc) is 2.68. The second kappa shape index (κ2) is 8.70. The third-order valence-corrected chi connectivity index (χ3v) is 4.27. The predicted molar refractivity (Wildman–Crippen MR) is 108 cm³/mol. The summed E-state index contributed by atoms with van der Waals surface area (Å²) >= 11 is 11.9. The quantitative estimate of drug-likeness (QED) is 0.497. The molecule has 0 spiro atoms. The molecular formula is C19H16Cl2N4O2. The van der Waals surface area contributed by atoms with Crippen molar-refractivity contribution in [3.8, 4) is 5.75 Å². The lowest BCUT2D eigenvalue weighted by Gasteiger charge is -2.07. The number of aryl methyl sites for hydroxylation is 1. The first-order chi connectivity index (χ1) is 13.0. The van der Waals surface area contributed by atoms with E-state index in [0.717, 1.165) is 15.8 Å². The lowest BCUT2D eigenvalue weighted by molar-refractivity contribution is 0.306. The van der Waals surface area contributed by atoms with Crippen molar-refractivity contribution < 1.29 is 4.74 Å². The molecule has 1 aromatic heterocycles. The highest BCUT2D eigenvalue weighted by molar-refractivity contribution is 6.32. The minimum Gasteiger partial charge on any atom is -0.489 e. The van der Waals surface area contributed by atoms with Gasteiger partial charge in [-0.1, -0.05) is 47.5 Å². The summed E-state index contributed by atoms with van der Waals surface area (Å²) in [6, 6.07) is 14.9. The van der Waals surface area contributed by atoms with E-state index in [2.05, 4.69) is 15.6 Å². The highest BCUT2D eigenvalue weighted by Gasteiger charge is 2.05. The Hall–Kier alpha value is -2.83. The molecule has 3 rings (SSSR count). The van der Waals surface area contributed by atoms with Crippen LogP contribution in [0.15, 0.2) is 64.6 Å². The number of nitrogens with one attached hydrogen (secondary N) is 1. The minimum atomic E-state index is -0.394. The fourth-order valence-electron chi connectivity index (χ4n) is 2.20. The fraction of sp³-hybridized carbons (Fsp3) is 0.105. The van der Waals surface area contributed by atoms with Gasteiger partial charge in [0, 0.05) is 12.1 Å². The second-order valence-electron chi connectivity index (χ2n) is 5.66. The molecule has 0 aliphatic heterocycles. The molecule has 1 heterocycles. The molecular weight excluding hydrogens is 387 g/mol. The smallest absolute Gasteiger partial charge is 0.287 e. The van der Waals surface area contributed by atoms with Gasteiger partial charge in [0.2, 0.25) is 0 Å². The molecule has 0 amide bonds. The number of anilines is 1. The molecule has 0 radical (unpaired) electrons. The van der Waals surface area contributed by atoms with Crippen molar-refractivity contribution in [1.29, 1.82) is 0 Å². The molecule has 0 saturated carbocycles. The number of benzene rings is 2. The van der Waals surface area contributed by atoms with Gasteiger partial charge in [-0.05, 0) is 35.4 Å². The van der Waals surface area contributed by atoms with Crippen LogP contribution in [0, 0.1) is 0 Å². The first-order valence-corrected chi connectivity index (χ1v) is 8.77. The molecule has 138 valence electrons. The van der Waals surface area contributed by atoms with Gasteiger partial charge in [0.1, 0.15) is 23.1 Å². The summed E-state index contributed by atoms with van der Waals surface area (Å²) in [5.74, 6) is 0.710. The van der Waals surface area contributed by atoms with Crippen LogP contribution in [0.5, 0.6) is 5.75 Å². The summed E-state index contributed by atoms with van der Waals surface area (Å²) in [4.78, 5) is 11.7. The Morgan fingerprint density at radius 3 is 2.78 bits per heavy atom. The van der Waals surface area contributed by atoms with Crippen molar-refractivity contribution in [3.63, 3.8) is 0 Å². The van der Waals surface area contributed by atoms with Crippen LogP contribution in [-0.4, -0.2) is 16.0 Å². The standard InChI is InChI=1S/C19H16Cl2N4O2/c1-25-19(26)18(21)17(11-23-25)24-22-10-14-3-2-4-16(9-14)27-12-13-5-7-15(20)8-6-13/h2-11,24H,12H2,1H3/b22-10-. The first-order valence-electron chi connectivity index (χ1n) is 8.01. The third kappa shape index (κ3) is 5.09. The highest BCUT2D eigenvalue weighted by atomic mass is 35.5. The van der Waals surface area contributed by atoms with E-state index >= 15 is 0 Å². The summed E-state index contributed by atoms with van der Waals surface area (Å²) in [5, 5.41) is 8.71. The van der Waals surface area contributed by atoms with Crippen LogP contribution >= 0.6 is 23.2 Å². The van der Waals surface area contributed by atoms with E-state index in [4.69, 9.17) is 27.9 Å². The van der Waals surface area contributed by atoms with Crippen LogP contribution in [0.3, 0.4) is 0 Å². The van der Waals surface area contributed by atoms with Crippen LogP contribution < -0.4 is 15.7 Å². The van der Waals surface area contributed by atoms with Crippen LogP contribution in [-0.2, 0) is 13.7 Å². The summed E-state index contributed by atoms with van der Waals surface area (Å²) in [5.41, 5.74) is 4.51. The van der Waals surface area contributed by atoms with Gasteiger partial charge >= 0.3 is 0 Å². The highest BCUT2D eigenvalue weighted by Crippen LogP contribution is 2.17. The van der Waals surface area contributed by atoms with Crippen molar-refractivity contribution in [2.24, 2.45) is 12.1 Å². The van der Waals surface area contributed by atoms with Gasteiger partial charge in [0.25, 0.3) is 5.56 Å². The normalized spacial score (nSPS) is 10.9. The zero-order chi connectivity index (χ0) is 19.2. The van der Waals surface area contributed by atoms with Gasteiger partial charge < -0.3 is 4.74 Å². The maximum atomic E-state index is 11.7. The van der Waals surface area contributed by atoms with Crippen LogP contribution in [0.4, 0.5) is 5.69 Å². The average molecular weight is 403 g/mol. The van der Waals surface area contributed by atoms with Gasteiger partial charge in [-0.25, -0.2) is 4.68 Å². The molecule has 0 saturated heterocycles. The number of nitrogens with zero attached hydrogens (tertiary/aromatic N) is 3. The van der Waals surface area contributed by atoms with E-state index < -0.39 is 5.56 Å². The molecule has 6 nitrogen and oxygen atoms in total. The summed E-state index contributed by atoms with van der Waals surface area (Å²) in [6.07, 6.45) is 3.04. The topological polar surface area (TPSA) is 68.5 Å². The number of aromatic nitrogens is 2. The van der Waals surface area contributed by atoms with E-state index in [-0.39, 0.29) is 5.02 Å². The molecule has 0 atom stereocenters. The van der Waals surface area contributed by atoms with Gasteiger partial charge in [-0.15, -0.1) is 0 Å². The number of hydrogen-bond acceptors (Lipinski definition) is 5. The SMILES string of the molecule is Cn1ncc(N/N=C\c2cccc(OCc3ccc(Cl)cc3)c2)c(Cl)c1=O. The number of hydrazone groups is 1. The molecule has 0 bridgehead atoms. The Morgan fingerprint density at radius 1 is 1.22 bits per heavy atom. The Balaban J connectivity index is 1.63. The lowest BCUT2D eigenvalue weighted by atomic mass is 10.2. The van der Waals surface area contributed by atoms with Gasteiger partial charge in [0.05, 0.1) is 12.4 Å².